The van der Waals surface area contributed by atoms with Crippen LogP contribution in [0.5, 0.6) is 5.75 Å². The molecule has 0 aromatic heterocycles. The van der Waals surface area contributed by atoms with E-state index in [0.717, 1.165) is 5.56 Å². The molecule has 2 atom stereocenters. The second-order valence-electron chi connectivity index (χ2n) is 7.65. The maximum Gasteiger partial charge on any atom is 0.241 e. The summed E-state index contributed by atoms with van der Waals surface area (Å²) in [6, 6.07) is 13.6. The largest absolute Gasteiger partial charge is 0.497 e. The minimum atomic E-state index is -3.83. The van der Waals surface area contributed by atoms with E-state index >= 15 is 0 Å². The molecule has 8 nitrogen and oxygen atoms in total. The van der Waals surface area contributed by atoms with Gasteiger partial charge in [-0.15, -0.1) is 11.8 Å². The van der Waals surface area contributed by atoms with Crippen LogP contribution in [0.2, 0.25) is 0 Å². The number of amides is 2. The van der Waals surface area contributed by atoms with Crippen LogP contribution in [0.25, 0.3) is 0 Å². The highest BCUT2D eigenvalue weighted by Crippen LogP contribution is 2.23. The first-order valence-electron chi connectivity index (χ1n) is 10.1. The van der Waals surface area contributed by atoms with Crippen molar-refractivity contribution in [3.63, 3.8) is 0 Å². The third kappa shape index (κ3) is 5.81. The molecule has 2 aromatic carbocycles. The molecule has 2 amide bonds. The molecule has 172 valence electrons. The molecular weight excluding hydrogens is 450 g/mol. The molecule has 1 saturated heterocycles. The van der Waals surface area contributed by atoms with E-state index in [-0.39, 0.29) is 29.0 Å². The summed E-state index contributed by atoms with van der Waals surface area (Å²) >= 11 is 1.17. The summed E-state index contributed by atoms with van der Waals surface area (Å²) in [6.07, 6.45) is 0. The van der Waals surface area contributed by atoms with Crippen molar-refractivity contribution in [2.45, 2.75) is 35.4 Å². The molecular formula is C22H27N3O5S2. The van der Waals surface area contributed by atoms with Gasteiger partial charge in [-0.05, 0) is 35.7 Å². The fraction of sp³-hybridized carbons (Fsp3) is 0.364. The van der Waals surface area contributed by atoms with Crippen molar-refractivity contribution < 1.29 is 22.7 Å². The minimum absolute atomic E-state index is 0.0325. The highest BCUT2D eigenvalue weighted by molar-refractivity contribution is 8.00. The Hall–Kier alpha value is -2.56. The van der Waals surface area contributed by atoms with Gasteiger partial charge in [0.1, 0.15) is 11.2 Å². The van der Waals surface area contributed by atoms with Gasteiger partial charge in [-0.2, -0.15) is 0 Å². The van der Waals surface area contributed by atoms with E-state index in [9.17, 15) is 18.0 Å². The SMILES string of the molecule is COc1cccc(NC(=O)CSC2NCC(S(=O)(=O)c3ccc(C(C)C)cc3)C(=O)N2)c1. The molecule has 0 radical (unpaired) electrons. The summed E-state index contributed by atoms with van der Waals surface area (Å²) in [7, 11) is -2.29. The molecule has 0 spiro atoms. The van der Waals surface area contributed by atoms with Gasteiger partial charge in [0.15, 0.2) is 15.1 Å². The summed E-state index contributed by atoms with van der Waals surface area (Å²) in [5.41, 5.74) is 1.07. The van der Waals surface area contributed by atoms with Gasteiger partial charge in [-0.3, -0.25) is 14.9 Å². The molecule has 0 aliphatic carbocycles. The minimum Gasteiger partial charge on any atom is -0.497 e. The molecule has 3 rings (SSSR count). The molecule has 0 saturated carbocycles. The second-order valence-corrected chi connectivity index (χ2v) is 10.9. The number of methoxy groups -OCH3 is 1. The van der Waals surface area contributed by atoms with Gasteiger partial charge in [0.2, 0.25) is 11.8 Å². The lowest BCUT2D eigenvalue weighted by atomic mass is 10.0. The monoisotopic (exact) mass is 477 g/mol. The number of rotatable bonds is 8. The average molecular weight is 478 g/mol. The zero-order chi connectivity index (χ0) is 23.3. The van der Waals surface area contributed by atoms with Crippen LogP contribution in [0, 0.1) is 0 Å². The molecule has 1 fully saturated rings. The van der Waals surface area contributed by atoms with Crippen molar-refractivity contribution in [2.75, 3.05) is 24.7 Å². The number of sulfone groups is 1. The maximum absolute atomic E-state index is 12.9. The Morgan fingerprint density at radius 2 is 1.94 bits per heavy atom. The van der Waals surface area contributed by atoms with Crippen LogP contribution in [0.4, 0.5) is 5.69 Å². The molecule has 1 aliphatic rings. The van der Waals surface area contributed by atoms with Gasteiger partial charge in [0, 0.05) is 18.3 Å². The van der Waals surface area contributed by atoms with E-state index in [0.29, 0.717) is 11.4 Å². The summed E-state index contributed by atoms with van der Waals surface area (Å²) in [4.78, 5) is 24.9. The van der Waals surface area contributed by atoms with Crippen molar-refractivity contribution in [3.8, 4) is 5.75 Å². The smallest absolute Gasteiger partial charge is 0.241 e. The number of ether oxygens (including phenoxy) is 1. The lowest BCUT2D eigenvalue weighted by Crippen LogP contribution is -2.59. The van der Waals surface area contributed by atoms with Crippen LogP contribution in [-0.4, -0.2) is 50.4 Å². The van der Waals surface area contributed by atoms with Crippen molar-refractivity contribution >= 4 is 39.1 Å². The topological polar surface area (TPSA) is 114 Å². The lowest BCUT2D eigenvalue weighted by Gasteiger charge is -2.29. The van der Waals surface area contributed by atoms with Crippen LogP contribution >= 0.6 is 11.8 Å². The normalized spacial score (nSPS) is 18.8. The highest BCUT2D eigenvalue weighted by Gasteiger charge is 2.38. The van der Waals surface area contributed by atoms with Gasteiger partial charge in [0.05, 0.1) is 17.8 Å². The lowest BCUT2D eigenvalue weighted by molar-refractivity contribution is -0.122. The van der Waals surface area contributed by atoms with Gasteiger partial charge in [-0.1, -0.05) is 32.0 Å². The standard InChI is InChI=1S/C22H27N3O5S2/c1-14(2)15-7-9-18(10-8-15)32(28,29)19-12-23-22(25-21(19)27)31-13-20(26)24-16-5-4-6-17(11-16)30-3/h4-11,14,19,22-23H,12-13H2,1-3H3,(H,24,26)(H,25,27). The molecule has 10 heteroatoms. The van der Waals surface area contributed by atoms with Gasteiger partial charge in [-0.25, -0.2) is 8.42 Å². The first kappa shape index (κ1) is 24.1. The number of nitrogens with one attached hydrogen (secondary N) is 3. The van der Waals surface area contributed by atoms with Crippen LogP contribution in [-0.2, 0) is 19.4 Å². The Labute approximate surface area is 192 Å². The number of thioether (sulfide) groups is 1. The number of hydrogen-bond acceptors (Lipinski definition) is 7. The van der Waals surface area contributed by atoms with Crippen molar-refractivity contribution in [2.24, 2.45) is 0 Å². The molecule has 32 heavy (non-hydrogen) atoms. The van der Waals surface area contributed by atoms with Crippen LogP contribution < -0.4 is 20.7 Å². The Balaban J connectivity index is 1.54. The van der Waals surface area contributed by atoms with E-state index in [1.165, 1.54) is 11.8 Å². The predicted octanol–water partition coefficient (Wildman–Crippen LogP) is 2.34. The van der Waals surface area contributed by atoms with E-state index in [4.69, 9.17) is 4.74 Å². The third-order valence-corrected chi connectivity index (χ3v) is 8.14. The van der Waals surface area contributed by atoms with Crippen molar-refractivity contribution in [1.82, 2.24) is 10.6 Å². The quantitative estimate of drug-likeness (QED) is 0.535. The third-order valence-electron chi connectivity index (χ3n) is 5.04. The second kappa shape index (κ2) is 10.4. The van der Waals surface area contributed by atoms with Gasteiger partial charge >= 0.3 is 0 Å². The van der Waals surface area contributed by atoms with E-state index < -0.39 is 26.5 Å². The molecule has 1 aliphatic heterocycles. The zero-order valence-electron chi connectivity index (χ0n) is 18.1. The number of carbonyl (C=O) groups is 2. The van der Waals surface area contributed by atoms with Gasteiger partial charge < -0.3 is 15.4 Å². The number of anilines is 1. The van der Waals surface area contributed by atoms with Crippen LogP contribution in [0.3, 0.4) is 0 Å². The van der Waals surface area contributed by atoms with E-state index in [1.54, 1.807) is 55.6 Å². The summed E-state index contributed by atoms with van der Waals surface area (Å²) in [5.74, 6) is 0.151. The summed E-state index contributed by atoms with van der Waals surface area (Å²) in [6.45, 7) is 4.02. The van der Waals surface area contributed by atoms with Crippen molar-refractivity contribution in [3.05, 3.63) is 54.1 Å². The molecule has 2 aromatic rings. The fourth-order valence-electron chi connectivity index (χ4n) is 3.19. The van der Waals surface area contributed by atoms with Crippen molar-refractivity contribution in [1.29, 1.82) is 0 Å². The van der Waals surface area contributed by atoms with E-state index in [1.807, 2.05) is 13.8 Å². The molecule has 3 N–H and O–H groups in total. The maximum atomic E-state index is 12.9. The Morgan fingerprint density at radius 1 is 1.22 bits per heavy atom. The molecule has 0 bridgehead atoms. The zero-order valence-corrected chi connectivity index (χ0v) is 19.8. The van der Waals surface area contributed by atoms with Crippen LogP contribution in [0.15, 0.2) is 53.4 Å². The average Bonchev–Trinajstić information content (AvgIpc) is 2.77. The number of benzene rings is 2. The summed E-state index contributed by atoms with van der Waals surface area (Å²) < 4.78 is 31.0. The fourth-order valence-corrected chi connectivity index (χ4v) is 5.51. The molecule has 1 heterocycles. The number of carbonyl (C=O) groups excluding carboxylic acids is 2. The number of hydrogen-bond donors (Lipinski definition) is 3. The Morgan fingerprint density at radius 3 is 2.56 bits per heavy atom. The van der Waals surface area contributed by atoms with E-state index in [2.05, 4.69) is 16.0 Å². The molecule has 2 unspecified atom stereocenters. The Kier molecular flexibility index (Phi) is 7.81. The van der Waals surface area contributed by atoms with Crippen LogP contribution in [0.1, 0.15) is 25.3 Å². The highest BCUT2D eigenvalue weighted by atomic mass is 32.2. The Bertz CT molecular complexity index is 1070. The first-order valence-corrected chi connectivity index (χ1v) is 12.7. The summed E-state index contributed by atoms with van der Waals surface area (Å²) in [5, 5.41) is 7.17. The predicted molar refractivity (Wildman–Crippen MR) is 126 cm³/mol. The van der Waals surface area contributed by atoms with Gasteiger partial charge in [0.25, 0.3) is 0 Å². The first-order chi connectivity index (χ1) is 15.2.